The highest BCUT2D eigenvalue weighted by molar-refractivity contribution is 5.98. The van der Waals surface area contributed by atoms with Gasteiger partial charge in [0.05, 0.1) is 7.11 Å². The summed E-state index contributed by atoms with van der Waals surface area (Å²) in [5.74, 6) is 0.785. The van der Waals surface area contributed by atoms with Gasteiger partial charge in [-0.15, -0.1) is 0 Å². The van der Waals surface area contributed by atoms with Gasteiger partial charge in [-0.05, 0) is 30.5 Å². The van der Waals surface area contributed by atoms with Crippen molar-refractivity contribution in [3.63, 3.8) is 0 Å². The molecule has 0 fully saturated rings. The van der Waals surface area contributed by atoms with Crippen molar-refractivity contribution in [1.82, 2.24) is 9.88 Å². The summed E-state index contributed by atoms with van der Waals surface area (Å²) in [4.78, 5) is 17.6. The Morgan fingerprint density at radius 3 is 2.52 bits per heavy atom. The fourth-order valence-corrected chi connectivity index (χ4v) is 2.30. The number of carbonyl (C=O) groups excluding carboxylic acids is 1. The van der Waals surface area contributed by atoms with Crippen LogP contribution in [0.25, 0.3) is 10.9 Å². The Kier molecular flexibility index (Phi) is 3.99. The average molecular weight is 288 g/mol. The molecule has 0 spiro atoms. The summed E-state index contributed by atoms with van der Waals surface area (Å²) in [6, 6.07) is 7.79. The van der Waals surface area contributed by atoms with Gasteiger partial charge in [0.25, 0.3) is 5.91 Å². The molecule has 114 valence electrons. The zero-order valence-corrected chi connectivity index (χ0v) is 13.7. The standard InChI is InChI=1S/C17H24N2O2/c1-11(17(2,3)4)19(5)16(20)15-9-12-7-8-13(21-6)10-14(12)18-15/h7-11,18H,1-6H3/t11-/m1/s1. The van der Waals surface area contributed by atoms with Gasteiger partial charge in [0, 0.05) is 30.1 Å². The van der Waals surface area contributed by atoms with Gasteiger partial charge < -0.3 is 14.6 Å². The molecule has 0 saturated heterocycles. The number of hydrogen-bond donors (Lipinski definition) is 1. The first-order valence-corrected chi connectivity index (χ1v) is 7.18. The van der Waals surface area contributed by atoms with Gasteiger partial charge in [-0.3, -0.25) is 4.79 Å². The molecule has 0 aliphatic carbocycles. The largest absolute Gasteiger partial charge is 0.497 e. The molecular formula is C17H24N2O2. The fourth-order valence-electron chi connectivity index (χ4n) is 2.30. The number of aromatic nitrogens is 1. The van der Waals surface area contributed by atoms with Crippen LogP contribution in [0.4, 0.5) is 0 Å². The number of benzene rings is 1. The van der Waals surface area contributed by atoms with Crippen LogP contribution in [-0.4, -0.2) is 36.0 Å². The third-order valence-electron chi connectivity index (χ3n) is 4.21. The first-order valence-electron chi connectivity index (χ1n) is 7.18. The number of methoxy groups -OCH3 is 1. The lowest BCUT2D eigenvalue weighted by molar-refractivity contribution is 0.0624. The third-order valence-corrected chi connectivity index (χ3v) is 4.21. The highest BCUT2D eigenvalue weighted by Gasteiger charge is 2.28. The number of aromatic amines is 1. The van der Waals surface area contributed by atoms with Crippen LogP contribution in [0.5, 0.6) is 5.75 Å². The predicted molar refractivity (Wildman–Crippen MR) is 85.9 cm³/mol. The molecule has 0 aliphatic heterocycles. The first kappa shape index (κ1) is 15.4. The lowest BCUT2D eigenvalue weighted by Crippen LogP contribution is -2.43. The van der Waals surface area contributed by atoms with E-state index in [9.17, 15) is 4.79 Å². The van der Waals surface area contributed by atoms with E-state index in [4.69, 9.17) is 4.74 Å². The number of nitrogens with zero attached hydrogens (tertiary/aromatic N) is 1. The van der Waals surface area contributed by atoms with Crippen molar-refractivity contribution in [1.29, 1.82) is 0 Å². The minimum atomic E-state index is 0.00703. The quantitative estimate of drug-likeness (QED) is 0.936. The number of fused-ring (bicyclic) bond motifs is 1. The van der Waals surface area contributed by atoms with Crippen molar-refractivity contribution in [3.05, 3.63) is 30.0 Å². The van der Waals surface area contributed by atoms with Crippen LogP contribution in [-0.2, 0) is 0 Å². The van der Waals surface area contributed by atoms with Crippen molar-refractivity contribution in [2.24, 2.45) is 5.41 Å². The summed E-state index contributed by atoms with van der Waals surface area (Å²) >= 11 is 0. The second-order valence-corrected chi connectivity index (χ2v) is 6.59. The number of nitrogens with one attached hydrogen (secondary N) is 1. The van der Waals surface area contributed by atoms with E-state index in [1.807, 2.05) is 31.3 Å². The van der Waals surface area contributed by atoms with E-state index in [2.05, 4.69) is 32.7 Å². The Morgan fingerprint density at radius 2 is 1.95 bits per heavy atom. The van der Waals surface area contributed by atoms with Gasteiger partial charge in [0.15, 0.2) is 0 Å². The predicted octanol–water partition coefficient (Wildman–Crippen LogP) is 3.68. The molecule has 1 heterocycles. The maximum Gasteiger partial charge on any atom is 0.270 e. The normalized spacial score (nSPS) is 13.2. The van der Waals surface area contributed by atoms with Crippen LogP contribution < -0.4 is 4.74 Å². The second-order valence-electron chi connectivity index (χ2n) is 6.59. The van der Waals surface area contributed by atoms with Gasteiger partial charge >= 0.3 is 0 Å². The summed E-state index contributed by atoms with van der Waals surface area (Å²) in [7, 11) is 3.49. The van der Waals surface area contributed by atoms with Gasteiger partial charge in [-0.25, -0.2) is 0 Å². The fraction of sp³-hybridized carbons (Fsp3) is 0.471. The Hall–Kier alpha value is -1.97. The highest BCUT2D eigenvalue weighted by atomic mass is 16.5. The number of H-pyrrole nitrogens is 1. The molecule has 0 bridgehead atoms. The van der Waals surface area contributed by atoms with Crippen molar-refractivity contribution in [2.45, 2.75) is 33.7 Å². The topological polar surface area (TPSA) is 45.3 Å². The van der Waals surface area contributed by atoms with Gasteiger partial charge in [0.2, 0.25) is 0 Å². The zero-order chi connectivity index (χ0) is 15.8. The van der Waals surface area contributed by atoms with Gasteiger partial charge in [0.1, 0.15) is 11.4 Å². The molecular weight excluding hydrogens is 264 g/mol. The van der Waals surface area contributed by atoms with E-state index in [0.29, 0.717) is 5.69 Å². The van der Waals surface area contributed by atoms with Crippen molar-refractivity contribution >= 4 is 16.8 Å². The van der Waals surface area contributed by atoms with Crippen molar-refractivity contribution in [3.8, 4) is 5.75 Å². The van der Waals surface area contributed by atoms with E-state index in [0.717, 1.165) is 16.7 Å². The van der Waals surface area contributed by atoms with Gasteiger partial charge in [-0.2, -0.15) is 0 Å². The average Bonchev–Trinajstić information content (AvgIpc) is 2.86. The van der Waals surface area contributed by atoms with Crippen LogP contribution in [0.1, 0.15) is 38.2 Å². The van der Waals surface area contributed by atoms with Crippen LogP contribution in [0, 0.1) is 5.41 Å². The molecule has 1 aromatic heterocycles. The van der Waals surface area contributed by atoms with Crippen molar-refractivity contribution in [2.75, 3.05) is 14.2 Å². The molecule has 1 atom stereocenters. The Labute approximate surface area is 126 Å². The van der Waals surface area contributed by atoms with E-state index in [-0.39, 0.29) is 17.4 Å². The molecule has 1 amide bonds. The van der Waals surface area contributed by atoms with E-state index < -0.39 is 0 Å². The zero-order valence-electron chi connectivity index (χ0n) is 13.7. The molecule has 0 radical (unpaired) electrons. The molecule has 21 heavy (non-hydrogen) atoms. The molecule has 0 aliphatic rings. The Bertz CT molecular complexity index is 652. The van der Waals surface area contributed by atoms with E-state index in [1.165, 1.54) is 0 Å². The van der Waals surface area contributed by atoms with Crippen LogP contribution in [0.2, 0.25) is 0 Å². The number of ether oxygens (including phenoxy) is 1. The minimum Gasteiger partial charge on any atom is -0.497 e. The van der Waals surface area contributed by atoms with Crippen LogP contribution in [0.3, 0.4) is 0 Å². The van der Waals surface area contributed by atoms with E-state index >= 15 is 0 Å². The van der Waals surface area contributed by atoms with Crippen molar-refractivity contribution < 1.29 is 9.53 Å². The third kappa shape index (κ3) is 3.04. The monoisotopic (exact) mass is 288 g/mol. The number of amides is 1. The number of hydrogen-bond acceptors (Lipinski definition) is 2. The van der Waals surface area contributed by atoms with Crippen LogP contribution in [0.15, 0.2) is 24.3 Å². The minimum absolute atomic E-state index is 0.00703. The lowest BCUT2D eigenvalue weighted by Gasteiger charge is -2.35. The second kappa shape index (κ2) is 5.43. The highest BCUT2D eigenvalue weighted by Crippen LogP contribution is 2.26. The summed E-state index contributed by atoms with van der Waals surface area (Å²) in [5.41, 5.74) is 1.56. The first-order chi connectivity index (χ1) is 9.74. The molecule has 4 heteroatoms. The Morgan fingerprint density at radius 1 is 1.29 bits per heavy atom. The van der Waals surface area contributed by atoms with Gasteiger partial charge in [-0.1, -0.05) is 20.8 Å². The molecule has 1 N–H and O–H groups in total. The summed E-state index contributed by atoms with van der Waals surface area (Å²) < 4.78 is 5.21. The molecule has 2 rings (SSSR count). The molecule has 2 aromatic rings. The summed E-state index contributed by atoms with van der Waals surface area (Å²) in [5, 5.41) is 1.01. The Balaban J connectivity index is 2.31. The van der Waals surface area contributed by atoms with E-state index in [1.54, 1.807) is 12.0 Å². The summed E-state index contributed by atoms with van der Waals surface area (Å²) in [6.45, 7) is 8.48. The maximum atomic E-state index is 12.6. The summed E-state index contributed by atoms with van der Waals surface area (Å²) in [6.07, 6.45) is 0. The van der Waals surface area contributed by atoms with Crippen LogP contribution >= 0.6 is 0 Å². The molecule has 1 aromatic carbocycles. The number of rotatable bonds is 3. The SMILES string of the molecule is COc1ccc2cc(C(=O)N(C)[C@H](C)C(C)(C)C)[nH]c2c1. The molecule has 0 unspecified atom stereocenters. The molecule has 0 saturated carbocycles. The smallest absolute Gasteiger partial charge is 0.270 e. The molecule has 4 nitrogen and oxygen atoms in total. The number of carbonyl (C=O) groups is 1. The maximum absolute atomic E-state index is 12.6. The lowest BCUT2D eigenvalue weighted by atomic mass is 9.87.